The Kier molecular flexibility index (Phi) is 8.08. The smallest absolute Gasteiger partial charge is 0.223 e. The van der Waals surface area contributed by atoms with Gasteiger partial charge in [0.2, 0.25) is 5.91 Å². The van der Waals surface area contributed by atoms with E-state index in [4.69, 9.17) is 4.74 Å². The van der Waals surface area contributed by atoms with Gasteiger partial charge in [-0.05, 0) is 56.1 Å². The normalized spacial score (nSPS) is 17.7. The van der Waals surface area contributed by atoms with Gasteiger partial charge in [0.25, 0.3) is 0 Å². The van der Waals surface area contributed by atoms with Crippen molar-refractivity contribution in [2.24, 2.45) is 5.92 Å². The lowest BCUT2D eigenvalue weighted by atomic mass is 10.00. The molecular formula is C15H22ClFN2O2. The monoisotopic (exact) mass is 316 g/mol. The molecule has 1 amide bonds. The molecule has 1 fully saturated rings. The Morgan fingerprint density at radius 1 is 1.38 bits per heavy atom. The summed E-state index contributed by atoms with van der Waals surface area (Å²) in [4.78, 5) is 11.7. The van der Waals surface area contributed by atoms with Crippen molar-refractivity contribution in [3.8, 4) is 5.75 Å². The highest BCUT2D eigenvalue weighted by Crippen LogP contribution is 2.11. The molecule has 1 unspecified atom stereocenters. The zero-order valence-electron chi connectivity index (χ0n) is 11.9. The van der Waals surface area contributed by atoms with E-state index in [1.807, 2.05) is 0 Å². The van der Waals surface area contributed by atoms with E-state index >= 15 is 0 Å². The zero-order chi connectivity index (χ0) is 14.2. The lowest BCUT2D eigenvalue weighted by molar-refractivity contribution is -0.121. The van der Waals surface area contributed by atoms with Gasteiger partial charge in [0.05, 0.1) is 13.0 Å². The molecule has 0 aliphatic carbocycles. The van der Waals surface area contributed by atoms with Gasteiger partial charge in [-0.15, -0.1) is 12.4 Å². The van der Waals surface area contributed by atoms with Gasteiger partial charge in [0, 0.05) is 6.54 Å². The molecular weight excluding hydrogens is 295 g/mol. The highest BCUT2D eigenvalue weighted by molar-refractivity contribution is 5.85. The van der Waals surface area contributed by atoms with Gasteiger partial charge in [-0.2, -0.15) is 0 Å². The Hall–Kier alpha value is -1.33. The summed E-state index contributed by atoms with van der Waals surface area (Å²) in [5.74, 6) is 0.815. The summed E-state index contributed by atoms with van der Waals surface area (Å²) in [6, 6.07) is 5.79. The molecule has 1 atom stereocenters. The van der Waals surface area contributed by atoms with Crippen LogP contribution in [-0.2, 0) is 4.79 Å². The second-order valence-corrected chi connectivity index (χ2v) is 5.07. The molecule has 0 spiro atoms. The minimum atomic E-state index is -0.295. The van der Waals surface area contributed by atoms with Gasteiger partial charge in [-0.1, -0.05) is 0 Å². The van der Waals surface area contributed by atoms with Crippen molar-refractivity contribution < 1.29 is 13.9 Å². The maximum Gasteiger partial charge on any atom is 0.223 e. The Morgan fingerprint density at radius 2 is 2.14 bits per heavy atom. The van der Waals surface area contributed by atoms with E-state index < -0.39 is 0 Å². The van der Waals surface area contributed by atoms with Crippen LogP contribution in [0.1, 0.15) is 19.3 Å². The first kappa shape index (κ1) is 17.7. The maximum atomic E-state index is 12.7. The fourth-order valence-corrected chi connectivity index (χ4v) is 2.24. The average molecular weight is 317 g/mol. The molecule has 1 saturated heterocycles. The molecule has 1 aliphatic rings. The molecule has 2 N–H and O–H groups in total. The van der Waals surface area contributed by atoms with Gasteiger partial charge in [0.1, 0.15) is 11.6 Å². The van der Waals surface area contributed by atoms with Crippen molar-refractivity contribution in [2.45, 2.75) is 19.3 Å². The third kappa shape index (κ3) is 6.78. The number of ether oxygens (including phenoxy) is 1. The molecule has 2 rings (SSSR count). The van der Waals surface area contributed by atoms with Crippen LogP contribution in [0.5, 0.6) is 5.75 Å². The van der Waals surface area contributed by atoms with Crippen LogP contribution in [-0.4, -0.2) is 32.1 Å². The van der Waals surface area contributed by atoms with Crippen LogP contribution in [0.2, 0.25) is 0 Å². The number of hydrogen-bond donors (Lipinski definition) is 2. The number of amides is 1. The number of halogens is 2. The first-order valence-corrected chi connectivity index (χ1v) is 7.10. The first-order valence-electron chi connectivity index (χ1n) is 7.10. The summed E-state index contributed by atoms with van der Waals surface area (Å²) >= 11 is 0. The predicted molar refractivity (Wildman–Crippen MR) is 82.4 cm³/mol. The van der Waals surface area contributed by atoms with Gasteiger partial charge in [0.15, 0.2) is 0 Å². The van der Waals surface area contributed by atoms with Crippen LogP contribution in [0.4, 0.5) is 4.39 Å². The Labute approximate surface area is 130 Å². The van der Waals surface area contributed by atoms with Gasteiger partial charge in [-0.25, -0.2) is 4.39 Å². The van der Waals surface area contributed by atoms with Crippen molar-refractivity contribution in [1.29, 1.82) is 0 Å². The molecule has 0 bridgehead atoms. The van der Waals surface area contributed by atoms with Crippen molar-refractivity contribution >= 4 is 18.3 Å². The molecule has 118 valence electrons. The van der Waals surface area contributed by atoms with Crippen molar-refractivity contribution in [3.63, 3.8) is 0 Å². The van der Waals surface area contributed by atoms with Crippen LogP contribution < -0.4 is 15.4 Å². The van der Waals surface area contributed by atoms with Crippen LogP contribution in [0.15, 0.2) is 24.3 Å². The summed E-state index contributed by atoms with van der Waals surface area (Å²) in [6.45, 7) is 3.09. The summed E-state index contributed by atoms with van der Waals surface area (Å²) in [5.41, 5.74) is 0. The summed E-state index contributed by atoms with van der Waals surface area (Å²) in [5, 5.41) is 6.25. The van der Waals surface area contributed by atoms with Crippen LogP contribution in [0.3, 0.4) is 0 Å². The van der Waals surface area contributed by atoms with Crippen molar-refractivity contribution in [2.75, 3.05) is 26.2 Å². The van der Waals surface area contributed by atoms with E-state index in [0.29, 0.717) is 24.7 Å². The molecule has 1 aromatic rings. The second kappa shape index (κ2) is 9.58. The quantitative estimate of drug-likeness (QED) is 0.845. The van der Waals surface area contributed by atoms with Gasteiger partial charge >= 0.3 is 0 Å². The average Bonchev–Trinajstić information content (AvgIpc) is 2.48. The summed E-state index contributed by atoms with van der Waals surface area (Å²) < 4.78 is 18.1. The van der Waals surface area contributed by atoms with Crippen molar-refractivity contribution in [1.82, 2.24) is 10.6 Å². The van der Waals surface area contributed by atoms with Crippen LogP contribution in [0.25, 0.3) is 0 Å². The largest absolute Gasteiger partial charge is 0.493 e. The standard InChI is InChI=1S/C15H21FN2O2.ClH/c16-13-3-5-14(6-4-13)20-9-7-15(19)18-11-12-2-1-8-17-10-12;/h3-6,12,17H,1-2,7-11H2,(H,18,19);1H. The Morgan fingerprint density at radius 3 is 2.81 bits per heavy atom. The number of nitrogens with one attached hydrogen (secondary N) is 2. The molecule has 1 heterocycles. The van der Waals surface area contributed by atoms with Crippen LogP contribution in [0, 0.1) is 11.7 Å². The Balaban J connectivity index is 0.00000220. The summed E-state index contributed by atoms with van der Waals surface area (Å²) in [7, 11) is 0. The molecule has 6 heteroatoms. The molecule has 0 aromatic heterocycles. The van der Waals surface area contributed by atoms with Crippen molar-refractivity contribution in [3.05, 3.63) is 30.1 Å². The predicted octanol–water partition coefficient (Wildman–Crippen LogP) is 2.13. The van der Waals surface area contributed by atoms with Gasteiger partial charge < -0.3 is 15.4 Å². The number of hydrogen-bond acceptors (Lipinski definition) is 3. The molecule has 1 aromatic carbocycles. The first-order chi connectivity index (χ1) is 9.74. The number of carbonyl (C=O) groups is 1. The molecule has 1 aliphatic heterocycles. The fraction of sp³-hybridized carbons (Fsp3) is 0.533. The highest BCUT2D eigenvalue weighted by atomic mass is 35.5. The number of rotatable bonds is 6. The topological polar surface area (TPSA) is 50.4 Å². The van der Waals surface area contributed by atoms with E-state index in [2.05, 4.69) is 10.6 Å². The maximum absolute atomic E-state index is 12.7. The third-order valence-electron chi connectivity index (χ3n) is 3.40. The Bertz CT molecular complexity index is 422. The van der Waals surface area contributed by atoms with E-state index in [1.54, 1.807) is 12.1 Å². The minimum Gasteiger partial charge on any atom is -0.493 e. The fourth-order valence-electron chi connectivity index (χ4n) is 2.24. The number of benzene rings is 1. The number of carbonyl (C=O) groups excluding carboxylic acids is 1. The molecule has 0 radical (unpaired) electrons. The SMILES string of the molecule is Cl.O=C(CCOc1ccc(F)cc1)NCC1CCCNC1. The van der Waals surface area contributed by atoms with E-state index in [9.17, 15) is 9.18 Å². The third-order valence-corrected chi connectivity index (χ3v) is 3.40. The lowest BCUT2D eigenvalue weighted by Crippen LogP contribution is -2.38. The molecule has 4 nitrogen and oxygen atoms in total. The zero-order valence-corrected chi connectivity index (χ0v) is 12.8. The second-order valence-electron chi connectivity index (χ2n) is 5.07. The molecule has 0 saturated carbocycles. The van der Waals surface area contributed by atoms with Crippen LogP contribution >= 0.6 is 12.4 Å². The highest BCUT2D eigenvalue weighted by Gasteiger charge is 2.13. The van der Waals surface area contributed by atoms with E-state index in [1.165, 1.54) is 25.0 Å². The lowest BCUT2D eigenvalue weighted by Gasteiger charge is -2.22. The molecule has 21 heavy (non-hydrogen) atoms. The minimum absolute atomic E-state index is 0. The summed E-state index contributed by atoms with van der Waals surface area (Å²) in [6.07, 6.45) is 2.66. The number of piperidine rings is 1. The van der Waals surface area contributed by atoms with Gasteiger partial charge in [-0.3, -0.25) is 4.79 Å². The van der Waals surface area contributed by atoms with E-state index in [0.717, 1.165) is 19.6 Å². The van der Waals surface area contributed by atoms with E-state index in [-0.39, 0.29) is 24.1 Å².